The van der Waals surface area contributed by atoms with Crippen LogP contribution in [0.2, 0.25) is 0 Å². The maximum atomic E-state index is 12.3. The van der Waals surface area contributed by atoms with Crippen LogP contribution in [0.15, 0.2) is 48.5 Å². The van der Waals surface area contributed by atoms with E-state index in [4.69, 9.17) is 9.47 Å². The van der Waals surface area contributed by atoms with E-state index in [1.54, 1.807) is 24.3 Å². The summed E-state index contributed by atoms with van der Waals surface area (Å²) in [5.41, 5.74) is 1.62. The van der Waals surface area contributed by atoms with Gasteiger partial charge in [0.2, 0.25) is 0 Å². The molecule has 1 aliphatic heterocycles. The second-order valence-corrected chi connectivity index (χ2v) is 6.09. The van der Waals surface area contributed by atoms with E-state index in [-0.39, 0.29) is 24.6 Å². The van der Waals surface area contributed by atoms with Crippen LogP contribution in [0, 0.1) is 0 Å². The second kappa shape index (κ2) is 8.93. The largest absolute Gasteiger partial charge is 0.493 e. The number of benzene rings is 2. The Bertz CT molecular complexity index is 792. The molecule has 0 fully saturated rings. The van der Waals surface area contributed by atoms with Gasteiger partial charge in [-0.05, 0) is 37.3 Å². The van der Waals surface area contributed by atoms with Gasteiger partial charge in [-0.15, -0.1) is 0 Å². The molecule has 0 bridgehead atoms. The summed E-state index contributed by atoms with van der Waals surface area (Å²) in [5, 5.41) is 8.45. The van der Waals surface area contributed by atoms with E-state index >= 15 is 0 Å². The topological polar surface area (TPSA) is 88.7 Å². The number of carbonyl (C=O) groups is 2. The van der Waals surface area contributed by atoms with Gasteiger partial charge in [0.15, 0.2) is 6.61 Å². The lowest BCUT2D eigenvalue weighted by Gasteiger charge is -2.26. The molecule has 7 heteroatoms. The first-order valence-corrected chi connectivity index (χ1v) is 8.94. The van der Waals surface area contributed by atoms with Crippen molar-refractivity contribution in [1.82, 2.24) is 10.6 Å². The summed E-state index contributed by atoms with van der Waals surface area (Å²) in [5.74, 6) is 1.20. The van der Waals surface area contributed by atoms with Gasteiger partial charge in [0.25, 0.3) is 5.91 Å². The first-order chi connectivity index (χ1) is 13.2. The fraction of sp³-hybridized carbons (Fsp3) is 0.300. The van der Waals surface area contributed by atoms with Crippen LogP contribution >= 0.6 is 0 Å². The van der Waals surface area contributed by atoms with E-state index < -0.39 is 0 Å². The molecule has 0 saturated heterocycles. The number of likely N-dealkylation sites (N-methyl/N-ethyl adjacent to an activating group) is 1. The lowest BCUT2D eigenvalue weighted by atomic mass is 10.0. The van der Waals surface area contributed by atoms with Crippen LogP contribution in [-0.2, 0) is 4.79 Å². The van der Waals surface area contributed by atoms with Gasteiger partial charge >= 0.3 is 6.03 Å². The summed E-state index contributed by atoms with van der Waals surface area (Å²) in [6.45, 7) is 2.95. The molecule has 1 atom stereocenters. The summed E-state index contributed by atoms with van der Waals surface area (Å²) in [6.07, 6.45) is 0.719. The minimum absolute atomic E-state index is 0.0374. The Hall–Kier alpha value is -3.22. The SMILES string of the molecule is CCNC(=O)COc1ccc(NC(=O)N[C@@H]2CCOc3ccccc32)cc1. The third-order valence-electron chi connectivity index (χ3n) is 4.12. The Morgan fingerprint density at radius 3 is 2.70 bits per heavy atom. The summed E-state index contributed by atoms with van der Waals surface area (Å²) in [6, 6.07) is 14.2. The van der Waals surface area contributed by atoms with Gasteiger partial charge in [0.05, 0.1) is 12.6 Å². The summed E-state index contributed by atoms with van der Waals surface area (Å²) >= 11 is 0. The zero-order valence-corrected chi connectivity index (χ0v) is 15.2. The van der Waals surface area contributed by atoms with Crippen molar-refractivity contribution in [2.24, 2.45) is 0 Å². The van der Waals surface area contributed by atoms with Gasteiger partial charge in [-0.2, -0.15) is 0 Å². The van der Waals surface area contributed by atoms with Gasteiger partial charge in [-0.25, -0.2) is 4.79 Å². The minimum atomic E-state index is -0.285. The van der Waals surface area contributed by atoms with Crippen molar-refractivity contribution in [2.75, 3.05) is 25.1 Å². The average Bonchev–Trinajstić information content (AvgIpc) is 2.68. The first kappa shape index (κ1) is 18.6. The summed E-state index contributed by atoms with van der Waals surface area (Å²) in [4.78, 5) is 23.7. The summed E-state index contributed by atoms with van der Waals surface area (Å²) in [7, 11) is 0. The normalized spacial score (nSPS) is 15.1. The standard InChI is InChI=1S/C20H23N3O4/c1-2-21-19(24)13-27-15-9-7-14(8-10-15)22-20(25)23-17-11-12-26-18-6-4-3-5-16(17)18/h3-10,17H,2,11-13H2,1H3,(H,21,24)(H2,22,23,25)/t17-/m1/s1. The van der Waals surface area contributed by atoms with Gasteiger partial charge in [0.1, 0.15) is 11.5 Å². The van der Waals surface area contributed by atoms with Crippen LogP contribution < -0.4 is 25.4 Å². The molecule has 27 heavy (non-hydrogen) atoms. The van der Waals surface area contributed by atoms with Crippen molar-refractivity contribution in [3.63, 3.8) is 0 Å². The molecule has 0 radical (unpaired) electrons. The monoisotopic (exact) mass is 369 g/mol. The van der Waals surface area contributed by atoms with E-state index in [1.165, 1.54) is 0 Å². The van der Waals surface area contributed by atoms with Crippen LogP contribution in [0.4, 0.5) is 10.5 Å². The molecule has 3 amide bonds. The predicted molar refractivity (Wildman–Crippen MR) is 102 cm³/mol. The lowest BCUT2D eigenvalue weighted by Crippen LogP contribution is -2.35. The number of nitrogens with one attached hydrogen (secondary N) is 3. The molecular weight excluding hydrogens is 346 g/mol. The predicted octanol–water partition coefficient (Wildman–Crippen LogP) is 2.85. The highest BCUT2D eigenvalue weighted by Crippen LogP contribution is 2.31. The first-order valence-electron chi connectivity index (χ1n) is 8.94. The van der Waals surface area contributed by atoms with Crippen molar-refractivity contribution < 1.29 is 19.1 Å². The number of hydrogen-bond donors (Lipinski definition) is 3. The molecule has 3 N–H and O–H groups in total. The Morgan fingerprint density at radius 2 is 1.93 bits per heavy atom. The smallest absolute Gasteiger partial charge is 0.319 e. The molecule has 0 aliphatic carbocycles. The average molecular weight is 369 g/mol. The number of fused-ring (bicyclic) bond motifs is 1. The highest BCUT2D eigenvalue weighted by molar-refractivity contribution is 5.89. The number of para-hydroxylation sites is 1. The summed E-state index contributed by atoms with van der Waals surface area (Å²) < 4.78 is 11.0. The highest BCUT2D eigenvalue weighted by Gasteiger charge is 2.22. The molecule has 2 aromatic rings. The molecule has 2 aromatic carbocycles. The van der Waals surface area contributed by atoms with Crippen molar-refractivity contribution in [2.45, 2.75) is 19.4 Å². The van der Waals surface area contributed by atoms with E-state index in [9.17, 15) is 9.59 Å². The van der Waals surface area contributed by atoms with E-state index in [0.717, 1.165) is 17.7 Å². The number of rotatable bonds is 6. The number of urea groups is 1. The van der Waals surface area contributed by atoms with Crippen LogP contribution in [0.1, 0.15) is 24.9 Å². The lowest BCUT2D eigenvalue weighted by molar-refractivity contribution is -0.122. The number of carbonyl (C=O) groups excluding carboxylic acids is 2. The third-order valence-corrected chi connectivity index (χ3v) is 4.12. The van der Waals surface area contributed by atoms with Gasteiger partial charge in [-0.3, -0.25) is 4.79 Å². The fourth-order valence-corrected chi connectivity index (χ4v) is 2.85. The fourth-order valence-electron chi connectivity index (χ4n) is 2.85. The van der Waals surface area contributed by atoms with Crippen molar-refractivity contribution >= 4 is 17.6 Å². The molecule has 142 valence electrons. The number of amides is 3. The zero-order chi connectivity index (χ0) is 19.1. The molecule has 1 aliphatic rings. The van der Waals surface area contributed by atoms with Gasteiger partial charge in [-0.1, -0.05) is 18.2 Å². The number of anilines is 1. The highest BCUT2D eigenvalue weighted by atomic mass is 16.5. The Kier molecular flexibility index (Phi) is 6.14. The molecule has 1 heterocycles. The minimum Gasteiger partial charge on any atom is -0.493 e. The van der Waals surface area contributed by atoms with E-state index in [2.05, 4.69) is 16.0 Å². The molecular formula is C20H23N3O4. The van der Waals surface area contributed by atoms with E-state index in [0.29, 0.717) is 24.6 Å². The van der Waals surface area contributed by atoms with Gasteiger partial charge in [0, 0.05) is 24.2 Å². The van der Waals surface area contributed by atoms with E-state index in [1.807, 2.05) is 31.2 Å². The van der Waals surface area contributed by atoms with Crippen molar-refractivity contribution in [1.29, 1.82) is 0 Å². The number of hydrogen-bond acceptors (Lipinski definition) is 4. The number of ether oxygens (including phenoxy) is 2. The molecule has 7 nitrogen and oxygen atoms in total. The van der Waals surface area contributed by atoms with Crippen LogP contribution in [0.5, 0.6) is 11.5 Å². The molecule has 0 spiro atoms. The molecule has 0 unspecified atom stereocenters. The Balaban J connectivity index is 1.52. The Labute approximate surface area is 158 Å². The van der Waals surface area contributed by atoms with Crippen molar-refractivity contribution in [3.8, 4) is 11.5 Å². The van der Waals surface area contributed by atoms with Crippen LogP contribution in [-0.4, -0.2) is 31.7 Å². The maximum Gasteiger partial charge on any atom is 0.319 e. The van der Waals surface area contributed by atoms with Gasteiger partial charge < -0.3 is 25.4 Å². The molecule has 0 aromatic heterocycles. The van der Waals surface area contributed by atoms with Crippen molar-refractivity contribution in [3.05, 3.63) is 54.1 Å². The van der Waals surface area contributed by atoms with Crippen LogP contribution in [0.3, 0.4) is 0 Å². The second-order valence-electron chi connectivity index (χ2n) is 6.09. The quantitative estimate of drug-likeness (QED) is 0.731. The van der Waals surface area contributed by atoms with Crippen LogP contribution in [0.25, 0.3) is 0 Å². The maximum absolute atomic E-state index is 12.3. The Morgan fingerprint density at radius 1 is 1.15 bits per heavy atom. The molecule has 3 rings (SSSR count). The molecule has 0 saturated carbocycles. The third kappa shape index (κ3) is 5.13. The zero-order valence-electron chi connectivity index (χ0n) is 15.2.